The molecule has 0 atom stereocenters. The Balaban J connectivity index is 2.23. The maximum Gasteiger partial charge on any atom is 0.200 e. The monoisotopic (exact) mass is 417 g/mol. The predicted octanol–water partition coefficient (Wildman–Crippen LogP) is 3.95. The van der Waals surface area contributed by atoms with Crippen molar-refractivity contribution in [1.29, 1.82) is 0 Å². The summed E-state index contributed by atoms with van der Waals surface area (Å²) in [5, 5.41) is 31.7. The van der Waals surface area contributed by atoms with Crippen molar-refractivity contribution in [2.45, 2.75) is 6.54 Å². The highest BCUT2D eigenvalue weighted by molar-refractivity contribution is 9.11. The molecule has 0 fully saturated rings. The summed E-state index contributed by atoms with van der Waals surface area (Å²) in [6.45, 7) is 0.267. The Bertz CT molecular complexity index is 677. The van der Waals surface area contributed by atoms with E-state index in [2.05, 4.69) is 37.2 Å². The third kappa shape index (κ3) is 3.36. The second-order valence-corrected chi connectivity index (χ2v) is 5.97. The lowest BCUT2D eigenvalue weighted by molar-refractivity contribution is 0.365. The van der Waals surface area contributed by atoms with Gasteiger partial charge in [0.15, 0.2) is 11.5 Å². The number of anilines is 1. The Hall–Kier alpha value is -1.60. The topological polar surface area (TPSA) is 82.0 Å². The van der Waals surface area contributed by atoms with E-state index in [4.69, 9.17) is 4.74 Å². The van der Waals surface area contributed by atoms with Gasteiger partial charge in [0.1, 0.15) is 5.75 Å². The van der Waals surface area contributed by atoms with Crippen molar-refractivity contribution < 1.29 is 20.1 Å². The minimum Gasteiger partial charge on any atom is -0.504 e. The molecular weight excluding hydrogens is 406 g/mol. The minimum absolute atomic E-state index is 0.267. The molecule has 0 saturated heterocycles. The summed E-state index contributed by atoms with van der Waals surface area (Å²) in [5.74, 6) is -0.564. The zero-order chi connectivity index (χ0) is 15.6. The lowest BCUT2D eigenvalue weighted by Gasteiger charge is -2.13. The molecule has 2 aromatic rings. The Morgan fingerprint density at radius 1 is 1.05 bits per heavy atom. The first kappa shape index (κ1) is 15.8. The van der Waals surface area contributed by atoms with E-state index in [1.54, 1.807) is 13.2 Å². The molecule has 2 aromatic carbocycles. The average Bonchev–Trinajstić information content (AvgIpc) is 2.46. The van der Waals surface area contributed by atoms with Gasteiger partial charge >= 0.3 is 0 Å². The molecule has 0 aliphatic rings. The second-order valence-electron chi connectivity index (χ2n) is 4.26. The number of ether oxygens (including phenoxy) is 1. The van der Waals surface area contributed by atoms with Gasteiger partial charge in [-0.2, -0.15) is 0 Å². The van der Waals surface area contributed by atoms with Crippen LogP contribution in [0.25, 0.3) is 0 Å². The summed E-state index contributed by atoms with van der Waals surface area (Å²) in [6.07, 6.45) is 0. The number of halogens is 2. The van der Waals surface area contributed by atoms with Crippen LogP contribution in [0.3, 0.4) is 0 Å². The maximum atomic E-state index is 9.78. The number of hydrogen-bond donors (Lipinski definition) is 4. The first-order chi connectivity index (χ1) is 9.93. The van der Waals surface area contributed by atoms with Crippen LogP contribution in [0.1, 0.15) is 5.56 Å². The van der Waals surface area contributed by atoms with Gasteiger partial charge in [-0.1, -0.05) is 0 Å². The van der Waals surface area contributed by atoms with Gasteiger partial charge in [0.2, 0.25) is 5.75 Å². The van der Waals surface area contributed by atoms with Crippen LogP contribution in [0.4, 0.5) is 5.69 Å². The summed E-state index contributed by atoms with van der Waals surface area (Å²) in [5.41, 5.74) is 1.22. The van der Waals surface area contributed by atoms with E-state index in [1.807, 2.05) is 6.07 Å². The molecule has 0 spiro atoms. The first-order valence-corrected chi connectivity index (χ1v) is 7.52. The number of aromatic hydroxyl groups is 3. The van der Waals surface area contributed by atoms with Crippen molar-refractivity contribution in [2.75, 3.05) is 12.4 Å². The number of phenolic OH excluding ortho intramolecular Hbond substituents is 3. The van der Waals surface area contributed by atoms with Crippen molar-refractivity contribution in [3.8, 4) is 23.0 Å². The predicted molar refractivity (Wildman–Crippen MR) is 87.2 cm³/mol. The van der Waals surface area contributed by atoms with Gasteiger partial charge in [-0.15, -0.1) is 0 Å². The zero-order valence-corrected chi connectivity index (χ0v) is 14.2. The van der Waals surface area contributed by atoms with Crippen LogP contribution in [0, 0.1) is 0 Å². The Kier molecular flexibility index (Phi) is 4.84. The summed E-state index contributed by atoms with van der Waals surface area (Å²) >= 11 is 6.81. The molecule has 5 nitrogen and oxygen atoms in total. The van der Waals surface area contributed by atoms with E-state index in [-0.39, 0.29) is 18.0 Å². The molecule has 4 N–H and O–H groups in total. The Labute approximate surface area is 138 Å². The lowest BCUT2D eigenvalue weighted by Crippen LogP contribution is -2.01. The van der Waals surface area contributed by atoms with Crippen molar-refractivity contribution in [2.24, 2.45) is 0 Å². The molecule has 0 aliphatic carbocycles. The summed E-state index contributed by atoms with van der Waals surface area (Å²) in [4.78, 5) is 0. The highest BCUT2D eigenvalue weighted by atomic mass is 79.9. The van der Waals surface area contributed by atoms with Gasteiger partial charge in [-0.05, 0) is 50.1 Å². The SMILES string of the molecule is COc1cc(NCc2ccc(O)c(O)c2O)c(Br)cc1Br. The molecule has 0 unspecified atom stereocenters. The van der Waals surface area contributed by atoms with Crippen molar-refractivity contribution in [3.63, 3.8) is 0 Å². The minimum atomic E-state index is -0.526. The Morgan fingerprint density at radius 3 is 2.43 bits per heavy atom. The highest BCUT2D eigenvalue weighted by Crippen LogP contribution is 2.38. The standard InChI is InChI=1S/C14H13Br2NO4/c1-21-12-5-10(8(15)4-9(12)16)17-6-7-2-3-11(18)14(20)13(7)19/h2-5,17-20H,6H2,1H3. The Morgan fingerprint density at radius 2 is 1.76 bits per heavy atom. The fourth-order valence-corrected chi connectivity index (χ4v) is 3.06. The average molecular weight is 419 g/mol. The number of methoxy groups -OCH3 is 1. The van der Waals surface area contributed by atoms with E-state index >= 15 is 0 Å². The van der Waals surface area contributed by atoms with Crippen LogP contribution in [0.5, 0.6) is 23.0 Å². The van der Waals surface area contributed by atoms with Crippen LogP contribution in [-0.2, 0) is 6.54 Å². The van der Waals surface area contributed by atoms with Crippen LogP contribution in [-0.4, -0.2) is 22.4 Å². The molecule has 0 bridgehead atoms. The lowest BCUT2D eigenvalue weighted by atomic mass is 10.1. The summed E-state index contributed by atoms with van der Waals surface area (Å²) in [6, 6.07) is 6.49. The van der Waals surface area contributed by atoms with E-state index in [9.17, 15) is 15.3 Å². The van der Waals surface area contributed by atoms with Crippen molar-refractivity contribution in [3.05, 3.63) is 38.8 Å². The maximum absolute atomic E-state index is 9.78. The van der Waals surface area contributed by atoms with E-state index in [0.717, 1.165) is 14.6 Å². The number of hydrogen-bond acceptors (Lipinski definition) is 5. The van der Waals surface area contributed by atoms with Crippen LogP contribution in [0.15, 0.2) is 33.2 Å². The van der Waals surface area contributed by atoms with Crippen molar-refractivity contribution >= 4 is 37.5 Å². The van der Waals surface area contributed by atoms with E-state index in [1.165, 1.54) is 12.1 Å². The van der Waals surface area contributed by atoms with Gasteiger partial charge in [-0.25, -0.2) is 0 Å². The van der Waals surface area contributed by atoms with Gasteiger partial charge in [0.05, 0.1) is 17.3 Å². The summed E-state index contributed by atoms with van der Waals surface area (Å²) < 4.78 is 6.85. The fraction of sp³-hybridized carbons (Fsp3) is 0.143. The molecule has 0 radical (unpaired) electrons. The van der Waals surface area contributed by atoms with Crippen LogP contribution >= 0.6 is 31.9 Å². The molecular formula is C14H13Br2NO4. The molecule has 0 aliphatic heterocycles. The molecule has 2 rings (SSSR count). The molecule has 7 heteroatoms. The number of benzene rings is 2. The largest absolute Gasteiger partial charge is 0.504 e. The molecule has 21 heavy (non-hydrogen) atoms. The fourth-order valence-electron chi connectivity index (χ4n) is 1.76. The third-order valence-corrected chi connectivity index (χ3v) is 4.20. The molecule has 0 aromatic heterocycles. The normalized spacial score (nSPS) is 10.4. The molecule has 0 saturated carbocycles. The zero-order valence-electron chi connectivity index (χ0n) is 11.0. The quantitative estimate of drug-likeness (QED) is 0.565. The van der Waals surface area contributed by atoms with Crippen LogP contribution < -0.4 is 10.1 Å². The highest BCUT2D eigenvalue weighted by Gasteiger charge is 2.12. The van der Waals surface area contributed by atoms with Crippen molar-refractivity contribution in [1.82, 2.24) is 0 Å². The van der Waals surface area contributed by atoms with Crippen LogP contribution in [0.2, 0.25) is 0 Å². The van der Waals surface area contributed by atoms with E-state index in [0.29, 0.717) is 11.3 Å². The number of rotatable bonds is 4. The summed E-state index contributed by atoms with van der Waals surface area (Å²) in [7, 11) is 1.57. The second kappa shape index (κ2) is 6.44. The van der Waals surface area contributed by atoms with Gasteiger partial charge in [-0.3, -0.25) is 0 Å². The molecule has 0 amide bonds. The van der Waals surface area contributed by atoms with Gasteiger partial charge in [0, 0.05) is 22.6 Å². The van der Waals surface area contributed by atoms with E-state index < -0.39 is 5.75 Å². The first-order valence-electron chi connectivity index (χ1n) is 5.93. The molecule has 112 valence electrons. The third-order valence-electron chi connectivity index (χ3n) is 2.92. The number of nitrogens with one attached hydrogen (secondary N) is 1. The van der Waals surface area contributed by atoms with Gasteiger partial charge < -0.3 is 25.4 Å². The van der Waals surface area contributed by atoms with Gasteiger partial charge in [0.25, 0.3) is 0 Å². The number of phenols is 3. The molecule has 0 heterocycles. The smallest absolute Gasteiger partial charge is 0.200 e.